The number of nitrogens with zero attached hydrogens (tertiary/aromatic N) is 4. The van der Waals surface area contributed by atoms with Gasteiger partial charge in [0.05, 0.1) is 25.1 Å². The molecular formula is C10H14N6O2. The van der Waals surface area contributed by atoms with Crippen LogP contribution in [-0.4, -0.2) is 43.4 Å². The average molecular weight is 250 g/mol. The summed E-state index contributed by atoms with van der Waals surface area (Å²) in [5.74, 6) is 0.331. The maximum absolute atomic E-state index is 9.22. The van der Waals surface area contributed by atoms with Crippen LogP contribution in [0.2, 0.25) is 0 Å². The lowest BCUT2D eigenvalue weighted by Crippen LogP contribution is -2.44. The molecule has 0 radical (unpaired) electrons. The number of aromatic nitrogens is 4. The molecule has 1 aliphatic rings. The average Bonchev–Trinajstić information content (AvgIpc) is 2.94. The molecule has 3 rings (SSSR count). The Morgan fingerprint density at radius 1 is 1.50 bits per heavy atom. The molecule has 0 amide bonds. The summed E-state index contributed by atoms with van der Waals surface area (Å²) < 4.78 is 7.35. The molecule has 5 N–H and O–H groups in total. The topological polar surface area (TPSA) is 125 Å². The zero-order valence-corrected chi connectivity index (χ0v) is 9.65. The van der Waals surface area contributed by atoms with Crippen molar-refractivity contribution in [3.05, 3.63) is 12.7 Å². The van der Waals surface area contributed by atoms with Crippen molar-refractivity contribution in [2.45, 2.75) is 18.2 Å². The van der Waals surface area contributed by atoms with Crippen LogP contribution in [-0.2, 0) is 4.74 Å². The molecule has 1 saturated heterocycles. The van der Waals surface area contributed by atoms with Crippen molar-refractivity contribution in [2.24, 2.45) is 5.73 Å². The van der Waals surface area contributed by atoms with Crippen molar-refractivity contribution < 1.29 is 9.84 Å². The van der Waals surface area contributed by atoms with Gasteiger partial charge in [-0.15, -0.1) is 0 Å². The van der Waals surface area contributed by atoms with Crippen molar-refractivity contribution >= 4 is 17.0 Å². The Kier molecular flexibility index (Phi) is 2.44. The van der Waals surface area contributed by atoms with Crippen LogP contribution in [0, 0.1) is 0 Å². The molecule has 0 aliphatic carbocycles. The second-order valence-electron chi connectivity index (χ2n) is 4.57. The van der Waals surface area contributed by atoms with Crippen LogP contribution >= 0.6 is 0 Å². The van der Waals surface area contributed by atoms with Gasteiger partial charge in [-0.25, -0.2) is 15.0 Å². The van der Waals surface area contributed by atoms with E-state index in [0.717, 1.165) is 0 Å². The summed E-state index contributed by atoms with van der Waals surface area (Å²) >= 11 is 0. The fourth-order valence-corrected chi connectivity index (χ4v) is 2.10. The summed E-state index contributed by atoms with van der Waals surface area (Å²) in [6.07, 6.45) is 3.19. The monoisotopic (exact) mass is 250 g/mol. The van der Waals surface area contributed by atoms with Crippen molar-refractivity contribution in [1.29, 1.82) is 0 Å². The highest BCUT2D eigenvalue weighted by Crippen LogP contribution is 2.31. The van der Waals surface area contributed by atoms with E-state index in [1.165, 1.54) is 6.33 Å². The van der Waals surface area contributed by atoms with Gasteiger partial charge in [0.1, 0.15) is 18.1 Å². The van der Waals surface area contributed by atoms with Crippen LogP contribution in [0.1, 0.15) is 12.6 Å². The maximum Gasteiger partial charge on any atom is 0.167 e. The molecule has 0 saturated carbocycles. The van der Waals surface area contributed by atoms with E-state index in [-0.39, 0.29) is 12.8 Å². The smallest absolute Gasteiger partial charge is 0.167 e. The van der Waals surface area contributed by atoms with Crippen LogP contribution in [0.4, 0.5) is 5.82 Å². The van der Waals surface area contributed by atoms with Gasteiger partial charge in [0, 0.05) is 6.42 Å². The summed E-state index contributed by atoms with van der Waals surface area (Å²) in [6, 6.07) is 0. The Morgan fingerprint density at radius 2 is 2.33 bits per heavy atom. The van der Waals surface area contributed by atoms with E-state index >= 15 is 0 Å². The Morgan fingerprint density at radius 3 is 3.06 bits per heavy atom. The first-order chi connectivity index (χ1) is 8.63. The number of nitrogens with two attached hydrogens (primary N) is 2. The van der Waals surface area contributed by atoms with Crippen molar-refractivity contribution in [2.75, 3.05) is 18.9 Å². The number of hydrogen-bond acceptors (Lipinski definition) is 7. The first kappa shape index (κ1) is 11.3. The predicted molar refractivity (Wildman–Crippen MR) is 63.3 cm³/mol. The highest BCUT2D eigenvalue weighted by molar-refractivity contribution is 5.81. The van der Waals surface area contributed by atoms with E-state index in [9.17, 15) is 5.11 Å². The summed E-state index contributed by atoms with van der Waals surface area (Å²) in [7, 11) is 0. The summed E-state index contributed by atoms with van der Waals surface area (Å²) in [5.41, 5.74) is 12.1. The first-order valence-corrected chi connectivity index (χ1v) is 5.57. The number of anilines is 1. The molecular weight excluding hydrogens is 236 g/mol. The van der Waals surface area contributed by atoms with Gasteiger partial charge in [-0.05, 0) is 0 Å². The van der Waals surface area contributed by atoms with E-state index in [1.54, 1.807) is 10.9 Å². The predicted octanol–water partition coefficient (Wildman–Crippen LogP) is -0.983. The minimum atomic E-state index is -0.708. The number of ether oxygens (including phenoxy) is 1. The zero-order chi connectivity index (χ0) is 12.8. The van der Waals surface area contributed by atoms with Crippen LogP contribution in [0.25, 0.3) is 11.2 Å². The number of aliphatic hydroxyl groups is 1. The molecule has 2 aromatic heterocycles. The quantitative estimate of drug-likeness (QED) is 0.625. The summed E-state index contributed by atoms with van der Waals surface area (Å²) in [6.45, 7) is 0.182. The first-order valence-electron chi connectivity index (χ1n) is 5.57. The van der Waals surface area contributed by atoms with Gasteiger partial charge < -0.3 is 21.3 Å². The number of rotatable bonds is 2. The Balaban J connectivity index is 1.99. The lowest BCUT2D eigenvalue weighted by Gasteiger charge is -2.18. The van der Waals surface area contributed by atoms with Crippen LogP contribution in [0.15, 0.2) is 12.7 Å². The highest BCUT2D eigenvalue weighted by atomic mass is 16.5. The molecule has 18 heavy (non-hydrogen) atoms. The fraction of sp³-hybridized carbons (Fsp3) is 0.500. The normalized spacial score (nSPS) is 28.0. The number of hydrogen-bond donors (Lipinski definition) is 3. The van der Waals surface area contributed by atoms with E-state index < -0.39 is 5.54 Å². The largest absolute Gasteiger partial charge is 0.394 e. The fourth-order valence-electron chi connectivity index (χ4n) is 2.10. The molecule has 1 fully saturated rings. The molecule has 0 aromatic carbocycles. The summed E-state index contributed by atoms with van der Waals surface area (Å²) in [4.78, 5) is 12.2. The minimum absolute atomic E-state index is 0.118. The van der Waals surface area contributed by atoms with E-state index in [4.69, 9.17) is 16.2 Å². The molecule has 2 unspecified atom stereocenters. The second-order valence-corrected chi connectivity index (χ2v) is 4.57. The molecule has 0 bridgehead atoms. The standard InChI is InChI=1S/C10H14N6O2/c11-8-7-9(14-4-13-8)16(5-15-7)6-1-10(12,2-17)3-18-6/h4-6,17H,1-3,12H2,(H2,11,13,14). The number of nitrogen functional groups attached to an aromatic ring is 1. The van der Waals surface area contributed by atoms with Crippen LogP contribution < -0.4 is 11.5 Å². The SMILES string of the molecule is Nc1ncnc2c1ncn2C1CC(N)(CO)CO1. The molecule has 3 heterocycles. The van der Waals surface area contributed by atoms with E-state index in [2.05, 4.69) is 15.0 Å². The van der Waals surface area contributed by atoms with Crippen LogP contribution in [0.3, 0.4) is 0 Å². The van der Waals surface area contributed by atoms with Gasteiger partial charge in [-0.3, -0.25) is 4.57 Å². The Hall–Kier alpha value is -1.77. The van der Waals surface area contributed by atoms with Gasteiger partial charge in [-0.2, -0.15) is 0 Å². The van der Waals surface area contributed by atoms with Gasteiger partial charge >= 0.3 is 0 Å². The van der Waals surface area contributed by atoms with E-state index in [1.807, 2.05) is 0 Å². The van der Waals surface area contributed by atoms with Crippen molar-refractivity contribution in [3.8, 4) is 0 Å². The Labute approximate surface area is 103 Å². The van der Waals surface area contributed by atoms with Crippen molar-refractivity contribution in [3.63, 3.8) is 0 Å². The second kappa shape index (κ2) is 3.87. The maximum atomic E-state index is 9.22. The molecule has 1 aliphatic heterocycles. The molecule has 8 heteroatoms. The summed E-state index contributed by atoms with van der Waals surface area (Å²) in [5, 5.41) is 9.22. The molecule has 8 nitrogen and oxygen atoms in total. The number of aliphatic hydroxyl groups excluding tert-OH is 1. The third-order valence-electron chi connectivity index (χ3n) is 3.16. The highest BCUT2D eigenvalue weighted by Gasteiger charge is 2.37. The molecule has 2 atom stereocenters. The third-order valence-corrected chi connectivity index (χ3v) is 3.16. The van der Waals surface area contributed by atoms with Crippen molar-refractivity contribution in [1.82, 2.24) is 19.5 Å². The van der Waals surface area contributed by atoms with Gasteiger partial charge in [0.15, 0.2) is 11.5 Å². The lowest BCUT2D eigenvalue weighted by molar-refractivity contribution is 0.0530. The lowest BCUT2D eigenvalue weighted by atomic mass is 10.0. The van der Waals surface area contributed by atoms with Gasteiger partial charge in [-0.1, -0.05) is 0 Å². The van der Waals surface area contributed by atoms with Gasteiger partial charge in [0.2, 0.25) is 0 Å². The van der Waals surface area contributed by atoms with Crippen LogP contribution in [0.5, 0.6) is 0 Å². The molecule has 96 valence electrons. The van der Waals surface area contributed by atoms with Gasteiger partial charge in [0.25, 0.3) is 0 Å². The minimum Gasteiger partial charge on any atom is -0.394 e. The molecule has 0 spiro atoms. The number of fused-ring (bicyclic) bond motifs is 1. The Bertz CT molecular complexity index is 585. The zero-order valence-electron chi connectivity index (χ0n) is 9.65. The molecule has 2 aromatic rings. The van der Waals surface area contributed by atoms with E-state index in [0.29, 0.717) is 30.0 Å². The third kappa shape index (κ3) is 1.62. The number of imidazole rings is 1.